The second kappa shape index (κ2) is 6.79. The highest BCUT2D eigenvalue weighted by Crippen LogP contribution is 2.36. The lowest BCUT2D eigenvalue weighted by molar-refractivity contribution is -0.746. The molecule has 1 aromatic rings. The Morgan fingerprint density at radius 2 is 2.19 bits per heavy atom. The predicted octanol–water partition coefficient (Wildman–Crippen LogP) is 3.01. The Labute approximate surface area is 159 Å². The maximum Gasteiger partial charge on any atom is 0.410 e. The van der Waals surface area contributed by atoms with Crippen molar-refractivity contribution in [2.75, 3.05) is 6.54 Å². The molecule has 26 heavy (non-hydrogen) atoms. The van der Waals surface area contributed by atoms with Gasteiger partial charge in [0, 0.05) is 22.5 Å². The molecule has 1 fully saturated rings. The second-order valence-corrected chi connectivity index (χ2v) is 7.11. The molecular weight excluding hydrogens is 398 g/mol. The number of carbonyl (C=O) groups is 1. The number of carbonyl (C=O) groups excluding carboxylic acids is 1. The molecule has 8 heteroatoms. The smallest absolute Gasteiger partial charge is 0.410 e. The van der Waals surface area contributed by atoms with E-state index in [-0.39, 0.29) is 23.3 Å². The number of hydrogen-bond donors (Lipinski definition) is 1. The van der Waals surface area contributed by atoms with Gasteiger partial charge in [0.25, 0.3) is 0 Å². The lowest BCUT2D eigenvalue weighted by Crippen LogP contribution is -2.50. The first-order valence-electron chi connectivity index (χ1n) is 8.44. The summed E-state index contributed by atoms with van der Waals surface area (Å²) in [6.45, 7) is 0.891. The second-order valence-electron chi connectivity index (χ2n) is 6.40. The van der Waals surface area contributed by atoms with Crippen molar-refractivity contribution in [3.05, 3.63) is 59.7 Å². The minimum Gasteiger partial charge on any atom is -0.445 e. The minimum absolute atomic E-state index is 0.0533. The van der Waals surface area contributed by atoms with Crippen LogP contribution in [-0.2, 0) is 11.3 Å². The molecule has 134 valence electrons. The van der Waals surface area contributed by atoms with Crippen LogP contribution in [0.3, 0.4) is 0 Å². The molecule has 2 N–H and O–H groups in total. The van der Waals surface area contributed by atoms with Crippen molar-refractivity contribution in [2.45, 2.75) is 25.5 Å². The first-order valence-corrected chi connectivity index (χ1v) is 9.24. The van der Waals surface area contributed by atoms with Gasteiger partial charge in [0.2, 0.25) is 5.70 Å². The third-order valence-corrected chi connectivity index (χ3v) is 5.54. The topological polar surface area (TPSA) is 80.3 Å². The van der Waals surface area contributed by atoms with Crippen LogP contribution in [0.1, 0.15) is 18.4 Å². The number of nitrogens with zero attached hydrogens (tertiary/aromatic N) is 4. The molecule has 2 atom stereocenters. The first-order chi connectivity index (χ1) is 12.6. The van der Waals surface area contributed by atoms with Crippen molar-refractivity contribution in [3.8, 4) is 0 Å². The van der Waals surface area contributed by atoms with Crippen molar-refractivity contribution in [2.24, 2.45) is 15.8 Å². The molecule has 7 nitrogen and oxygen atoms in total. The molecule has 0 saturated carbocycles. The monoisotopic (exact) mass is 416 g/mol. The van der Waals surface area contributed by atoms with Crippen LogP contribution in [-0.4, -0.2) is 39.1 Å². The minimum atomic E-state index is -0.332. The molecule has 4 rings (SSSR count). The molecule has 3 aliphatic rings. The highest BCUT2D eigenvalue weighted by atomic mass is 79.9. The average molecular weight is 417 g/mol. The number of halogens is 1. The van der Waals surface area contributed by atoms with E-state index >= 15 is 0 Å². The van der Waals surface area contributed by atoms with Gasteiger partial charge in [-0.2, -0.15) is 10.8 Å². The largest absolute Gasteiger partial charge is 0.445 e. The van der Waals surface area contributed by atoms with E-state index in [1.165, 1.54) is 0 Å². The number of ether oxygens (including phenoxy) is 1. The Kier molecular flexibility index (Phi) is 4.47. The van der Waals surface area contributed by atoms with Crippen molar-refractivity contribution in [1.29, 1.82) is 0 Å². The van der Waals surface area contributed by atoms with Gasteiger partial charge in [0.15, 0.2) is 0 Å². The highest BCUT2D eigenvalue weighted by molar-refractivity contribution is 9.18. The molecule has 1 aromatic carbocycles. The van der Waals surface area contributed by atoms with E-state index in [1.807, 2.05) is 30.3 Å². The van der Waals surface area contributed by atoms with E-state index in [9.17, 15) is 4.79 Å². The average Bonchev–Trinajstić information content (AvgIpc) is 3.24. The molecule has 3 aliphatic heterocycles. The summed E-state index contributed by atoms with van der Waals surface area (Å²) < 4.78 is 6.03. The Balaban J connectivity index is 1.54. The number of amidine groups is 1. The number of fused-ring (bicyclic) bond motifs is 1. The van der Waals surface area contributed by atoms with Crippen LogP contribution in [0.2, 0.25) is 0 Å². The van der Waals surface area contributed by atoms with E-state index < -0.39 is 0 Å². The maximum absolute atomic E-state index is 12.6. The number of benzene rings is 1. The summed E-state index contributed by atoms with van der Waals surface area (Å²) in [4.78, 5) is 23.2. The van der Waals surface area contributed by atoms with Gasteiger partial charge >= 0.3 is 10.8 Å². The van der Waals surface area contributed by atoms with Crippen LogP contribution < -0.4 is 5.84 Å². The fraction of sp³-hybridized carbons (Fsp3) is 0.278. The Morgan fingerprint density at radius 1 is 1.38 bits per heavy atom. The van der Waals surface area contributed by atoms with Crippen LogP contribution in [0.5, 0.6) is 0 Å². The van der Waals surface area contributed by atoms with E-state index in [0.717, 1.165) is 29.8 Å². The van der Waals surface area contributed by atoms with Gasteiger partial charge < -0.3 is 4.74 Å². The van der Waals surface area contributed by atoms with E-state index in [2.05, 4.69) is 25.9 Å². The fourth-order valence-corrected chi connectivity index (χ4v) is 3.91. The first kappa shape index (κ1) is 17.1. The molecule has 1 saturated heterocycles. The zero-order chi connectivity index (χ0) is 18.1. The number of quaternary nitrogens is 1. The normalized spacial score (nSPS) is 26.9. The van der Waals surface area contributed by atoms with Gasteiger partial charge in [-0.3, -0.25) is 9.89 Å². The summed E-state index contributed by atoms with van der Waals surface area (Å²) in [6.07, 6.45) is 6.49. The molecule has 3 heterocycles. The van der Waals surface area contributed by atoms with Crippen LogP contribution in [0.4, 0.5) is 4.79 Å². The molecule has 0 aliphatic carbocycles. The van der Waals surface area contributed by atoms with Gasteiger partial charge in [-0.25, -0.2) is 4.79 Å². The lowest BCUT2D eigenvalue weighted by atomic mass is 10.1. The molecule has 2 unspecified atom stereocenters. The summed E-state index contributed by atoms with van der Waals surface area (Å²) in [5, 5.41) is 0. The Morgan fingerprint density at radius 3 is 3.00 bits per heavy atom. The van der Waals surface area contributed by atoms with Crippen molar-refractivity contribution >= 4 is 33.0 Å². The number of amides is 1. The molecular formula is C18H19BrN5O2+. The quantitative estimate of drug-likeness (QED) is 0.467. The number of allylic oxidation sites excluding steroid dienone is 1. The Bertz CT molecular complexity index is 848. The standard InChI is InChI=1S/C18H19BrN5O2/c19-17-22-16(15-11-21-8-10-24(15,17)20)14-7-4-9-23(14)18(25)26-12-13-5-2-1-3-6-13/h1-3,5-6,8,10-11,14H,4,7,9,12,20H2/q+1. The van der Waals surface area contributed by atoms with Crippen molar-refractivity contribution in [3.63, 3.8) is 0 Å². The van der Waals surface area contributed by atoms with Crippen LogP contribution in [0.25, 0.3) is 0 Å². The van der Waals surface area contributed by atoms with E-state index in [0.29, 0.717) is 11.3 Å². The van der Waals surface area contributed by atoms with Crippen molar-refractivity contribution in [1.82, 2.24) is 4.90 Å². The predicted molar refractivity (Wildman–Crippen MR) is 102 cm³/mol. The number of aliphatic imine (C=N–C) groups is 2. The fourth-order valence-electron chi connectivity index (χ4n) is 3.41. The van der Waals surface area contributed by atoms with Gasteiger partial charge in [-0.15, -0.1) is 4.59 Å². The highest BCUT2D eigenvalue weighted by Gasteiger charge is 2.47. The van der Waals surface area contributed by atoms with E-state index in [1.54, 1.807) is 23.5 Å². The van der Waals surface area contributed by atoms with Gasteiger partial charge in [0.05, 0.1) is 18.5 Å². The molecule has 0 aromatic heterocycles. The lowest BCUT2D eigenvalue weighted by Gasteiger charge is -2.26. The summed E-state index contributed by atoms with van der Waals surface area (Å²) in [5.41, 5.74) is 2.50. The summed E-state index contributed by atoms with van der Waals surface area (Å²) in [7, 11) is 0. The van der Waals surface area contributed by atoms with Crippen LogP contribution in [0.15, 0.2) is 64.1 Å². The number of nitrogens with two attached hydrogens (primary N) is 1. The zero-order valence-corrected chi connectivity index (χ0v) is 15.7. The van der Waals surface area contributed by atoms with Gasteiger partial charge in [0.1, 0.15) is 18.5 Å². The number of likely N-dealkylation sites (tertiary alicyclic amines) is 1. The zero-order valence-electron chi connectivity index (χ0n) is 14.1. The molecule has 0 radical (unpaired) electrons. The molecule has 0 bridgehead atoms. The van der Waals surface area contributed by atoms with E-state index in [4.69, 9.17) is 10.6 Å². The van der Waals surface area contributed by atoms with Crippen LogP contribution >= 0.6 is 15.9 Å². The third-order valence-electron chi connectivity index (χ3n) is 4.77. The molecule has 1 amide bonds. The SMILES string of the molecule is N[N+]12C=CN=CC1=C(C1CCCN1C(=O)OCc1ccccc1)N=C2Br. The number of rotatable bonds is 3. The van der Waals surface area contributed by atoms with Crippen LogP contribution in [0, 0.1) is 0 Å². The summed E-state index contributed by atoms with van der Waals surface area (Å²) >= 11 is 3.45. The van der Waals surface area contributed by atoms with Gasteiger partial charge in [-0.1, -0.05) is 30.3 Å². The van der Waals surface area contributed by atoms with Gasteiger partial charge in [-0.05, 0) is 18.4 Å². The molecule has 0 spiro atoms. The Hall–Kier alpha value is -2.29. The number of hydrogen-bond acceptors (Lipinski definition) is 5. The van der Waals surface area contributed by atoms with Crippen molar-refractivity contribution < 1.29 is 14.1 Å². The third kappa shape index (κ3) is 2.90. The summed E-state index contributed by atoms with van der Waals surface area (Å²) in [5.74, 6) is 6.41. The summed E-state index contributed by atoms with van der Waals surface area (Å²) in [6, 6.07) is 9.48. The maximum atomic E-state index is 12.6.